The van der Waals surface area contributed by atoms with Gasteiger partial charge >= 0.3 is 0 Å². The molecule has 0 aliphatic rings. The maximum atomic E-state index is 12.5. The second-order valence-corrected chi connectivity index (χ2v) is 7.15. The van der Waals surface area contributed by atoms with Crippen LogP contribution >= 0.6 is 0 Å². The van der Waals surface area contributed by atoms with Crippen molar-refractivity contribution >= 4 is 21.6 Å². The van der Waals surface area contributed by atoms with Gasteiger partial charge in [0.15, 0.2) is 5.69 Å². The summed E-state index contributed by atoms with van der Waals surface area (Å²) in [6, 6.07) is 3.43. The number of sulfonamides is 1. The molecule has 0 saturated heterocycles. The first-order chi connectivity index (χ1) is 12.4. The predicted molar refractivity (Wildman–Crippen MR) is 91.8 cm³/mol. The standard InChI is InChI=1S/C15H18N6O4S/c1-3-21-10-13(19-26(23,24)12-8-17-20(2)9-12)14(18-21)15(22)16-7-11-5-4-6-25-11/h4-6,8-10,19H,3,7H2,1-2H3,(H,16,22). The van der Waals surface area contributed by atoms with Crippen LogP contribution in [-0.2, 0) is 30.2 Å². The molecular weight excluding hydrogens is 360 g/mol. The Morgan fingerprint density at radius 3 is 2.77 bits per heavy atom. The highest BCUT2D eigenvalue weighted by Gasteiger charge is 2.23. The molecule has 3 aromatic heterocycles. The number of anilines is 1. The lowest BCUT2D eigenvalue weighted by molar-refractivity contribution is 0.0943. The third-order valence-electron chi connectivity index (χ3n) is 3.54. The van der Waals surface area contributed by atoms with Gasteiger partial charge in [-0.25, -0.2) is 8.42 Å². The Kier molecular flexibility index (Phi) is 4.80. The molecule has 26 heavy (non-hydrogen) atoms. The van der Waals surface area contributed by atoms with Crippen LogP contribution in [0, 0.1) is 0 Å². The minimum absolute atomic E-state index is 0.00816. The molecule has 0 saturated carbocycles. The van der Waals surface area contributed by atoms with Crippen LogP contribution in [0.4, 0.5) is 5.69 Å². The summed E-state index contributed by atoms with van der Waals surface area (Å²) in [5, 5.41) is 10.6. The number of aromatic nitrogens is 4. The summed E-state index contributed by atoms with van der Waals surface area (Å²) in [7, 11) is -2.27. The van der Waals surface area contributed by atoms with Gasteiger partial charge in [0.1, 0.15) is 10.7 Å². The Morgan fingerprint density at radius 1 is 1.35 bits per heavy atom. The lowest BCUT2D eigenvalue weighted by atomic mass is 10.3. The van der Waals surface area contributed by atoms with Crippen molar-refractivity contribution < 1.29 is 17.6 Å². The lowest BCUT2D eigenvalue weighted by Gasteiger charge is -2.06. The average molecular weight is 378 g/mol. The first kappa shape index (κ1) is 17.7. The molecule has 138 valence electrons. The number of nitrogens with zero attached hydrogens (tertiary/aromatic N) is 4. The lowest BCUT2D eigenvalue weighted by Crippen LogP contribution is -2.25. The van der Waals surface area contributed by atoms with Gasteiger partial charge in [0, 0.05) is 26.0 Å². The fourth-order valence-corrected chi connectivity index (χ4v) is 3.27. The SMILES string of the molecule is CCn1cc(NS(=O)(=O)c2cnn(C)c2)c(C(=O)NCc2ccco2)n1. The molecule has 0 atom stereocenters. The monoisotopic (exact) mass is 378 g/mol. The minimum Gasteiger partial charge on any atom is -0.467 e. The molecule has 3 rings (SSSR count). The van der Waals surface area contributed by atoms with Gasteiger partial charge in [-0.05, 0) is 19.1 Å². The maximum absolute atomic E-state index is 12.5. The third-order valence-corrected chi connectivity index (χ3v) is 4.86. The Bertz CT molecular complexity index is 1000. The molecule has 0 aromatic carbocycles. The number of hydrogen-bond donors (Lipinski definition) is 2. The molecule has 0 radical (unpaired) electrons. The highest BCUT2D eigenvalue weighted by atomic mass is 32.2. The van der Waals surface area contributed by atoms with Gasteiger partial charge in [-0.15, -0.1) is 0 Å². The van der Waals surface area contributed by atoms with Crippen molar-refractivity contribution in [2.75, 3.05) is 4.72 Å². The van der Waals surface area contributed by atoms with E-state index in [1.54, 1.807) is 19.2 Å². The van der Waals surface area contributed by atoms with Crippen molar-refractivity contribution in [3.05, 3.63) is 48.4 Å². The van der Waals surface area contributed by atoms with Gasteiger partial charge in [0.2, 0.25) is 0 Å². The van der Waals surface area contributed by atoms with Gasteiger partial charge in [-0.2, -0.15) is 10.2 Å². The van der Waals surface area contributed by atoms with E-state index < -0.39 is 15.9 Å². The molecule has 3 aromatic rings. The quantitative estimate of drug-likeness (QED) is 0.631. The minimum atomic E-state index is -3.89. The molecule has 2 N–H and O–H groups in total. The first-order valence-electron chi connectivity index (χ1n) is 7.78. The van der Waals surface area contributed by atoms with Gasteiger partial charge in [0.25, 0.3) is 15.9 Å². The van der Waals surface area contributed by atoms with E-state index in [0.29, 0.717) is 12.3 Å². The van der Waals surface area contributed by atoms with Gasteiger partial charge in [-0.3, -0.25) is 18.9 Å². The van der Waals surface area contributed by atoms with Crippen molar-refractivity contribution in [1.29, 1.82) is 0 Å². The smallest absolute Gasteiger partial charge is 0.274 e. The molecular formula is C15H18N6O4S. The van der Waals surface area contributed by atoms with E-state index in [0.717, 1.165) is 0 Å². The van der Waals surface area contributed by atoms with Crippen LogP contribution in [0.3, 0.4) is 0 Å². The third kappa shape index (κ3) is 3.77. The van der Waals surface area contributed by atoms with Crippen LogP contribution in [0.15, 0.2) is 46.3 Å². The normalized spacial score (nSPS) is 11.5. The Hall–Kier alpha value is -3.08. The summed E-state index contributed by atoms with van der Waals surface area (Å²) in [6.07, 6.45) is 5.56. The molecule has 0 bridgehead atoms. The Balaban J connectivity index is 1.82. The van der Waals surface area contributed by atoms with E-state index in [-0.39, 0.29) is 22.8 Å². The Morgan fingerprint density at radius 2 is 2.15 bits per heavy atom. The fraction of sp³-hybridized carbons (Fsp3) is 0.267. The molecule has 0 aliphatic carbocycles. The summed E-state index contributed by atoms with van der Waals surface area (Å²) in [6.45, 7) is 2.48. The number of hydrogen-bond acceptors (Lipinski definition) is 6. The van der Waals surface area contributed by atoms with Gasteiger partial charge in [-0.1, -0.05) is 0 Å². The number of rotatable bonds is 7. The molecule has 0 unspecified atom stereocenters. The van der Waals surface area contributed by atoms with Crippen LogP contribution in [0.5, 0.6) is 0 Å². The van der Waals surface area contributed by atoms with Crippen molar-refractivity contribution in [3.8, 4) is 0 Å². The average Bonchev–Trinajstić information content (AvgIpc) is 3.33. The van der Waals surface area contributed by atoms with Gasteiger partial charge in [0.05, 0.1) is 24.7 Å². The second-order valence-electron chi connectivity index (χ2n) is 5.46. The van der Waals surface area contributed by atoms with Crippen molar-refractivity contribution in [1.82, 2.24) is 24.9 Å². The zero-order valence-electron chi connectivity index (χ0n) is 14.2. The molecule has 11 heteroatoms. The molecule has 0 spiro atoms. The van der Waals surface area contributed by atoms with Crippen molar-refractivity contribution in [3.63, 3.8) is 0 Å². The topological polar surface area (TPSA) is 124 Å². The number of aryl methyl sites for hydroxylation is 2. The van der Waals surface area contributed by atoms with E-state index in [1.807, 2.05) is 6.92 Å². The highest BCUT2D eigenvalue weighted by molar-refractivity contribution is 7.92. The summed E-state index contributed by atoms with van der Waals surface area (Å²) in [5.41, 5.74) is 0.0681. The van der Waals surface area contributed by atoms with E-state index in [4.69, 9.17) is 4.42 Å². The molecule has 1 amide bonds. The summed E-state index contributed by atoms with van der Waals surface area (Å²) in [4.78, 5) is 12.4. The number of carbonyl (C=O) groups is 1. The predicted octanol–water partition coefficient (Wildman–Crippen LogP) is 0.960. The van der Waals surface area contributed by atoms with Gasteiger partial charge < -0.3 is 9.73 Å². The van der Waals surface area contributed by atoms with E-state index in [1.165, 1.54) is 34.2 Å². The molecule has 3 heterocycles. The highest BCUT2D eigenvalue weighted by Crippen LogP contribution is 2.19. The number of nitrogens with one attached hydrogen (secondary N) is 2. The summed E-state index contributed by atoms with van der Waals surface area (Å²) >= 11 is 0. The van der Waals surface area contributed by atoms with E-state index >= 15 is 0 Å². The van der Waals surface area contributed by atoms with Crippen LogP contribution in [0.2, 0.25) is 0 Å². The number of carbonyl (C=O) groups excluding carboxylic acids is 1. The summed E-state index contributed by atoms with van der Waals surface area (Å²) < 4.78 is 35.4. The Labute approximate surface area is 149 Å². The number of furan rings is 1. The fourth-order valence-electron chi connectivity index (χ4n) is 2.23. The largest absolute Gasteiger partial charge is 0.467 e. The molecule has 0 fully saturated rings. The maximum Gasteiger partial charge on any atom is 0.274 e. The van der Waals surface area contributed by atoms with E-state index in [2.05, 4.69) is 20.2 Å². The van der Waals surface area contributed by atoms with Crippen LogP contribution < -0.4 is 10.0 Å². The van der Waals surface area contributed by atoms with E-state index in [9.17, 15) is 13.2 Å². The second kappa shape index (κ2) is 7.04. The summed E-state index contributed by atoms with van der Waals surface area (Å²) in [5.74, 6) is 0.0586. The van der Waals surface area contributed by atoms with Crippen LogP contribution in [-0.4, -0.2) is 33.9 Å². The van der Waals surface area contributed by atoms with Crippen molar-refractivity contribution in [2.45, 2.75) is 24.9 Å². The van der Waals surface area contributed by atoms with Crippen LogP contribution in [0.25, 0.3) is 0 Å². The zero-order valence-corrected chi connectivity index (χ0v) is 15.0. The zero-order chi connectivity index (χ0) is 18.7. The molecule has 10 nitrogen and oxygen atoms in total. The number of amides is 1. The van der Waals surface area contributed by atoms with Crippen LogP contribution in [0.1, 0.15) is 23.2 Å². The first-order valence-corrected chi connectivity index (χ1v) is 9.27. The van der Waals surface area contributed by atoms with Crippen molar-refractivity contribution in [2.24, 2.45) is 7.05 Å². The molecule has 0 aliphatic heterocycles.